The highest BCUT2D eigenvalue weighted by Gasteiger charge is 2.51. The molecule has 1 saturated heterocycles. The van der Waals surface area contributed by atoms with E-state index in [1.165, 1.54) is 6.08 Å². The summed E-state index contributed by atoms with van der Waals surface area (Å²) >= 11 is 0. The Morgan fingerprint density at radius 1 is 1.28 bits per heavy atom. The van der Waals surface area contributed by atoms with Crippen LogP contribution in [0.4, 0.5) is 0 Å². The number of rotatable bonds is 5. The van der Waals surface area contributed by atoms with Gasteiger partial charge in [0.05, 0.1) is 10.6 Å². The third-order valence-electron chi connectivity index (χ3n) is 6.21. The van der Waals surface area contributed by atoms with E-state index in [-0.39, 0.29) is 11.9 Å². The van der Waals surface area contributed by atoms with Gasteiger partial charge in [0.1, 0.15) is 0 Å². The van der Waals surface area contributed by atoms with E-state index < -0.39 is 15.6 Å². The van der Waals surface area contributed by atoms with Crippen LogP contribution in [-0.2, 0) is 21.9 Å². The smallest absolute Gasteiger partial charge is 0.243 e. The van der Waals surface area contributed by atoms with Gasteiger partial charge in [0.25, 0.3) is 0 Å². The zero-order valence-corrected chi connectivity index (χ0v) is 17.4. The van der Waals surface area contributed by atoms with E-state index in [4.69, 9.17) is 0 Å². The first-order chi connectivity index (χ1) is 13.9. The molecule has 7 nitrogen and oxygen atoms in total. The molecule has 1 aromatic heterocycles. The minimum absolute atomic E-state index is 0.0144. The molecule has 29 heavy (non-hydrogen) atoms. The summed E-state index contributed by atoms with van der Waals surface area (Å²) < 4.78 is 30.3. The van der Waals surface area contributed by atoms with Gasteiger partial charge in [-0.1, -0.05) is 18.7 Å². The van der Waals surface area contributed by atoms with Crippen molar-refractivity contribution in [2.75, 3.05) is 6.54 Å². The Hall–Kier alpha value is -2.45. The van der Waals surface area contributed by atoms with Gasteiger partial charge < -0.3 is 5.32 Å². The number of aryl methyl sites for hydroxylation is 1. The second kappa shape index (κ2) is 7.42. The molecule has 2 aromatic rings. The van der Waals surface area contributed by atoms with Crippen LogP contribution < -0.4 is 5.32 Å². The largest absolute Gasteiger partial charge is 0.350 e. The van der Waals surface area contributed by atoms with Crippen molar-refractivity contribution in [1.82, 2.24) is 19.4 Å². The molecule has 4 rings (SSSR count). The van der Waals surface area contributed by atoms with Crippen LogP contribution in [0.25, 0.3) is 11.3 Å². The lowest BCUT2D eigenvalue weighted by Crippen LogP contribution is -2.63. The van der Waals surface area contributed by atoms with Gasteiger partial charge in [-0.05, 0) is 61.9 Å². The lowest BCUT2D eigenvalue weighted by Gasteiger charge is -2.54. The Kier molecular flexibility index (Phi) is 5.08. The Bertz CT molecular complexity index is 1020. The van der Waals surface area contributed by atoms with Crippen LogP contribution in [0.5, 0.6) is 0 Å². The molecule has 0 radical (unpaired) electrons. The van der Waals surface area contributed by atoms with Crippen LogP contribution in [0.3, 0.4) is 0 Å². The minimum atomic E-state index is -3.61. The monoisotopic (exact) mass is 414 g/mol. The highest BCUT2D eigenvalue weighted by atomic mass is 32.2. The molecule has 1 aromatic carbocycles. The number of benzene rings is 1. The maximum Gasteiger partial charge on any atom is 0.243 e. The number of sulfonamides is 1. The maximum absolute atomic E-state index is 13.5. The molecule has 2 aliphatic rings. The van der Waals surface area contributed by atoms with Crippen molar-refractivity contribution in [3.8, 4) is 11.3 Å². The predicted molar refractivity (Wildman–Crippen MR) is 110 cm³/mol. The average molecular weight is 415 g/mol. The van der Waals surface area contributed by atoms with Crippen LogP contribution in [0.2, 0.25) is 0 Å². The molecule has 2 heterocycles. The van der Waals surface area contributed by atoms with Crippen LogP contribution in [0.15, 0.2) is 54.1 Å². The number of nitrogens with zero attached hydrogens (tertiary/aromatic N) is 3. The fourth-order valence-corrected chi connectivity index (χ4v) is 6.40. The molecule has 1 aliphatic heterocycles. The minimum Gasteiger partial charge on any atom is -0.350 e. The fourth-order valence-electron chi connectivity index (χ4n) is 4.55. The van der Waals surface area contributed by atoms with E-state index >= 15 is 0 Å². The summed E-state index contributed by atoms with van der Waals surface area (Å²) in [6, 6.07) is 8.89. The fraction of sp³-hybridized carbons (Fsp3) is 0.429. The molecule has 0 bridgehead atoms. The Morgan fingerprint density at radius 2 is 2.00 bits per heavy atom. The highest BCUT2D eigenvalue weighted by Crippen LogP contribution is 2.47. The zero-order valence-electron chi connectivity index (χ0n) is 16.5. The van der Waals surface area contributed by atoms with Crippen LogP contribution in [0, 0.1) is 0 Å². The molecule has 1 spiro atoms. The topological polar surface area (TPSA) is 84.3 Å². The van der Waals surface area contributed by atoms with Crippen molar-refractivity contribution >= 4 is 15.9 Å². The zero-order chi connectivity index (χ0) is 20.6. The Balaban J connectivity index is 1.57. The summed E-state index contributed by atoms with van der Waals surface area (Å²) in [5.41, 5.74) is 1.47. The van der Waals surface area contributed by atoms with E-state index in [9.17, 15) is 13.2 Å². The Labute approximate surface area is 171 Å². The third-order valence-corrected chi connectivity index (χ3v) is 8.23. The number of amides is 1. The SMILES string of the molecule is C=CC(=O)NC1CCN(S(=O)(=O)c2ccc(-c3ccnn3C)cc2)C2(CCC2)C1. The number of nitrogens with one attached hydrogen (secondary N) is 1. The second-order valence-electron chi connectivity index (χ2n) is 7.92. The molecule has 2 fully saturated rings. The molecule has 1 N–H and O–H groups in total. The van der Waals surface area contributed by atoms with Gasteiger partial charge >= 0.3 is 0 Å². The van der Waals surface area contributed by atoms with E-state index in [0.29, 0.717) is 24.3 Å². The van der Waals surface area contributed by atoms with E-state index in [2.05, 4.69) is 17.0 Å². The summed E-state index contributed by atoms with van der Waals surface area (Å²) in [6.45, 7) is 3.91. The van der Waals surface area contributed by atoms with Gasteiger partial charge in [0, 0.05) is 31.4 Å². The van der Waals surface area contributed by atoms with Crippen molar-refractivity contribution in [2.45, 2.75) is 48.6 Å². The summed E-state index contributed by atoms with van der Waals surface area (Å²) in [5.74, 6) is -0.202. The quantitative estimate of drug-likeness (QED) is 0.762. The van der Waals surface area contributed by atoms with Gasteiger partial charge in [0.15, 0.2) is 0 Å². The number of hydrogen-bond donors (Lipinski definition) is 1. The van der Waals surface area contributed by atoms with Gasteiger partial charge in [-0.2, -0.15) is 9.40 Å². The maximum atomic E-state index is 13.5. The van der Waals surface area contributed by atoms with Crippen molar-refractivity contribution in [3.63, 3.8) is 0 Å². The number of carbonyl (C=O) groups excluding carboxylic acids is 1. The first-order valence-corrected chi connectivity index (χ1v) is 11.3. The molecule has 8 heteroatoms. The standard InChI is InChI=1S/C21H26N4O3S/c1-3-20(26)23-17-10-14-25(21(15-17)11-4-12-21)29(27,28)18-7-5-16(6-8-18)19-9-13-22-24(19)2/h3,5-9,13,17H,1,4,10-12,14-15H2,2H3,(H,23,26). The molecule has 1 aliphatic carbocycles. The average Bonchev–Trinajstić information content (AvgIpc) is 3.12. The number of aromatic nitrogens is 2. The summed E-state index contributed by atoms with van der Waals surface area (Å²) in [5, 5.41) is 7.11. The Morgan fingerprint density at radius 3 is 2.55 bits per heavy atom. The number of carbonyl (C=O) groups is 1. The van der Waals surface area contributed by atoms with Crippen LogP contribution in [-0.4, -0.2) is 46.5 Å². The highest BCUT2D eigenvalue weighted by molar-refractivity contribution is 7.89. The van der Waals surface area contributed by atoms with Gasteiger partial charge in [-0.3, -0.25) is 9.48 Å². The first kappa shape index (κ1) is 19.8. The third kappa shape index (κ3) is 3.51. The van der Waals surface area contributed by atoms with Crippen molar-refractivity contribution in [1.29, 1.82) is 0 Å². The van der Waals surface area contributed by atoms with Gasteiger partial charge in [-0.15, -0.1) is 0 Å². The number of piperidine rings is 1. The first-order valence-electron chi connectivity index (χ1n) is 9.90. The van der Waals surface area contributed by atoms with Crippen molar-refractivity contribution < 1.29 is 13.2 Å². The lowest BCUT2D eigenvalue weighted by molar-refractivity contribution is -0.117. The van der Waals surface area contributed by atoms with E-state index in [1.807, 2.05) is 25.2 Å². The normalized spacial score (nSPS) is 21.5. The molecule has 154 valence electrons. The van der Waals surface area contributed by atoms with Crippen LogP contribution in [0.1, 0.15) is 32.1 Å². The second-order valence-corrected chi connectivity index (χ2v) is 9.78. The summed E-state index contributed by atoms with van der Waals surface area (Å²) in [7, 11) is -1.75. The van der Waals surface area contributed by atoms with Gasteiger partial charge in [0.2, 0.25) is 15.9 Å². The van der Waals surface area contributed by atoms with Gasteiger partial charge in [-0.25, -0.2) is 8.42 Å². The van der Waals surface area contributed by atoms with Crippen LogP contribution >= 0.6 is 0 Å². The molecule has 1 atom stereocenters. The van der Waals surface area contributed by atoms with Crippen molar-refractivity contribution in [3.05, 3.63) is 49.2 Å². The predicted octanol–water partition coefficient (Wildman–Crippen LogP) is 2.47. The number of hydrogen-bond acceptors (Lipinski definition) is 4. The molecular formula is C21H26N4O3S. The summed E-state index contributed by atoms with van der Waals surface area (Å²) in [6.07, 6.45) is 6.91. The molecule has 1 saturated carbocycles. The lowest BCUT2D eigenvalue weighted by atomic mass is 9.70. The van der Waals surface area contributed by atoms with Crippen molar-refractivity contribution in [2.24, 2.45) is 7.05 Å². The summed E-state index contributed by atoms with van der Waals surface area (Å²) in [4.78, 5) is 12.0. The molecule has 1 amide bonds. The van der Waals surface area contributed by atoms with E-state index in [0.717, 1.165) is 30.5 Å². The molecular weight excluding hydrogens is 388 g/mol. The molecule has 1 unspecified atom stereocenters. The van der Waals surface area contributed by atoms with E-state index in [1.54, 1.807) is 27.3 Å².